The molecule has 0 heterocycles. The molecule has 0 rings (SSSR count). The summed E-state index contributed by atoms with van der Waals surface area (Å²) in [4.78, 5) is 2.52. The predicted molar refractivity (Wildman–Crippen MR) is 111 cm³/mol. The summed E-state index contributed by atoms with van der Waals surface area (Å²) in [6, 6.07) is 0.822. The predicted octanol–water partition coefficient (Wildman–Crippen LogP) is 5.08. The minimum absolute atomic E-state index is 0.218. The second-order valence-corrected chi connectivity index (χ2v) is 9.29. The highest BCUT2D eigenvalue weighted by atomic mass is 28.4. The van der Waals surface area contributed by atoms with Crippen molar-refractivity contribution < 1.29 is 18.0 Å². The molecule has 5 nitrogen and oxygen atoms in total. The Bertz CT molecular complexity index is 283. The van der Waals surface area contributed by atoms with E-state index in [1.807, 2.05) is 20.8 Å². The molecule has 26 heavy (non-hydrogen) atoms. The van der Waals surface area contributed by atoms with E-state index in [9.17, 15) is 0 Å². The first kappa shape index (κ1) is 26.0. The highest BCUT2D eigenvalue weighted by Gasteiger charge is 2.39. The van der Waals surface area contributed by atoms with Crippen LogP contribution in [0.2, 0.25) is 6.04 Å². The molecule has 0 aliphatic rings. The second kappa shape index (κ2) is 17.1. The van der Waals surface area contributed by atoms with Crippen molar-refractivity contribution in [1.29, 1.82) is 0 Å². The van der Waals surface area contributed by atoms with E-state index in [0.29, 0.717) is 19.8 Å². The highest BCUT2D eigenvalue weighted by molar-refractivity contribution is 6.60. The largest absolute Gasteiger partial charge is 0.501 e. The summed E-state index contributed by atoms with van der Waals surface area (Å²) in [5.41, 5.74) is 0. The van der Waals surface area contributed by atoms with Crippen molar-refractivity contribution in [2.75, 3.05) is 39.5 Å². The van der Waals surface area contributed by atoms with Crippen molar-refractivity contribution in [3.8, 4) is 0 Å². The number of unbranched alkanes of at least 4 members (excludes halogenated alkanes) is 2. The van der Waals surface area contributed by atoms with Gasteiger partial charge in [0.05, 0.1) is 0 Å². The Hall–Kier alpha value is 0.0169. The fourth-order valence-electron chi connectivity index (χ4n) is 3.11. The van der Waals surface area contributed by atoms with Crippen LogP contribution in [0, 0.1) is 0 Å². The Balaban J connectivity index is 4.54. The number of nitrogens with zero attached hydrogens (tertiary/aromatic N) is 1. The topological polar surface area (TPSA) is 40.2 Å². The van der Waals surface area contributed by atoms with Gasteiger partial charge in [0.15, 0.2) is 0 Å². The Morgan fingerprint density at radius 2 is 1.23 bits per heavy atom. The lowest BCUT2D eigenvalue weighted by Gasteiger charge is -2.32. The van der Waals surface area contributed by atoms with Crippen molar-refractivity contribution in [1.82, 2.24) is 4.90 Å². The van der Waals surface area contributed by atoms with Gasteiger partial charge < -0.3 is 18.0 Å². The maximum absolute atomic E-state index is 6.26. The van der Waals surface area contributed by atoms with E-state index in [4.69, 9.17) is 18.0 Å². The third kappa shape index (κ3) is 11.0. The number of rotatable bonds is 19. The Labute approximate surface area is 164 Å². The van der Waals surface area contributed by atoms with Crippen LogP contribution in [0.4, 0.5) is 0 Å². The first-order valence-electron chi connectivity index (χ1n) is 10.9. The molecule has 1 unspecified atom stereocenters. The molecule has 0 aliphatic heterocycles. The fraction of sp³-hybridized carbons (Fsp3) is 1.00. The van der Waals surface area contributed by atoms with Gasteiger partial charge in [-0.05, 0) is 46.5 Å². The van der Waals surface area contributed by atoms with Gasteiger partial charge in [-0.15, -0.1) is 0 Å². The van der Waals surface area contributed by atoms with Crippen LogP contribution in [0.3, 0.4) is 0 Å². The average Bonchev–Trinajstić information content (AvgIpc) is 2.63. The fourth-order valence-corrected chi connectivity index (χ4v) is 5.69. The molecule has 0 saturated heterocycles. The van der Waals surface area contributed by atoms with Crippen LogP contribution in [-0.2, 0) is 18.0 Å². The molecule has 0 bridgehead atoms. The average molecular weight is 392 g/mol. The SMILES string of the molecule is CCCCN(CCCC)C(CC)OCCC[Si](OCC)(OCC)OCC. The second-order valence-electron chi connectivity index (χ2n) is 6.56. The minimum Gasteiger partial charge on any atom is -0.374 e. The quantitative estimate of drug-likeness (QED) is 0.174. The van der Waals surface area contributed by atoms with Crippen LogP contribution < -0.4 is 0 Å². The molecule has 0 N–H and O–H groups in total. The van der Waals surface area contributed by atoms with Crippen molar-refractivity contribution in [2.24, 2.45) is 0 Å². The molecule has 0 amide bonds. The zero-order valence-electron chi connectivity index (χ0n) is 18.3. The van der Waals surface area contributed by atoms with Crippen LogP contribution in [-0.4, -0.2) is 59.4 Å². The molecule has 158 valence electrons. The molecule has 0 aromatic heterocycles. The summed E-state index contributed by atoms with van der Waals surface area (Å²) in [5.74, 6) is 0. The molecule has 6 heteroatoms. The smallest absolute Gasteiger partial charge is 0.374 e. The molecule has 0 radical (unpaired) electrons. The lowest BCUT2D eigenvalue weighted by Crippen LogP contribution is -2.46. The van der Waals surface area contributed by atoms with Gasteiger partial charge in [0, 0.05) is 45.6 Å². The summed E-state index contributed by atoms with van der Waals surface area (Å²) < 4.78 is 24.0. The lowest BCUT2D eigenvalue weighted by molar-refractivity contribution is -0.0634. The number of hydrogen-bond donors (Lipinski definition) is 0. The van der Waals surface area contributed by atoms with Crippen LogP contribution in [0.1, 0.15) is 80.1 Å². The summed E-state index contributed by atoms with van der Waals surface area (Å²) >= 11 is 0. The summed E-state index contributed by atoms with van der Waals surface area (Å²) in [7, 11) is -2.54. The Morgan fingerprint density at radius 1 is 0.731 bits per heavy atom. The van der Waals surface area contributed by atoms with Crippen molar-refractivity contribution in [3.63, 3.8) is 0 Å². The highest BCUT2D eigenvalue weighted by Crippen LogP contribution is 2.19. The standard InChI is InChI=1S/C20H45NO4Si/c1-7-13-16-21(17-14-8-2)20(9-3)22-18-15-19-26(23-10-4,24-11-5)25-12-6/h20H,7-19H2,1-6H3. The summed E-state index contributed by atoms with van der Waals surface area (Å²) in [6.07, 6.45) is 7.08. The third-order valence-corrected chi connectivity index (χ3v) is 7.54. The molecule has 0 aliphatic carbocycles. The van der Waals surface area contributed by atoms with Crippen LogP contribution in [0.5, 0.6) is 0 Å². The van der Waals surface area contributed by atoms with E-state index in [-0.39, 0.29) is 6.23 Å². The molecule has 0 spiro atoms. The zero-order chi connectivity index (χ0) is 19.7. The maximum atomic E-state index is 6.26. The molecule has 0 fully saturated rings. The molecular weight excluding hydrogens is 346 g/mol. The number of ether oxygens (including phenoxy) is 1. The monoisotopic (exact) mass is 391 g/mol. The van der Waals surface area contributed by atoms with Crippen LogP contribution in [0.15, 0.2) is 0 Å². The molecule has 0 aromatic rings. The van der Waals surface area contributed by atoms with Gasteiger partial charge in [-0.3, -0.25) is 4.90 Å². The molecule has 1 atom stereocenters. The zero-order valence-corrected chi connectivity index (χ0v) is 19.3. The van der Waals surface area contributed by atoms with Gasteiger partial charge in [-0.2, -0.15) is 0 Å². The molecule has 0 aromatic carbocycles. The van der Waals surface area contributed by atoms with E-state index in [2.05, 4.69) is 25.7 Å². The number of hydrogen-bond acceptors (Lipinski definition) is 5. The maximum Gasteiger partial charge on any atom is 0.501 e. The van der Waals surface area contributed by atoms with Crippen molar-refractivity contribution in [2.45, 2.75) is 92.3 Å². The first-order chi connectivity index (χ1) is 12.6. The minimum atomic E-state index is -2.54. The summed E-state index contributed by atoms with van der Waals surface area (Å²) in [6.45, 7) is 17.6. The van der Waals surface area contributed by atoms with Gasteiger partial charge in [0.1, 0.15) is 6.23 Å². The van der Waals surface area contributed by atoms with E-state index >= 15 is 0 Å². The van der Waals surface area contributed by atoms with E-state index < -0.39 is 8.80 Å². The first-order valence-corrected chi connectivity index (χ1v) is 12.8. The molecular formula is C20H45NO4Si. The Morgan fingerprint density at radius 3 is 1.62 bits per heavy atom. The van der Waals surface area contributed by atoms with Gasteiger partial charge >= 0.3 is 8.80 Å². The third-order valence-electron chi connectivity index (χ3n) is 4.38. The molecule has 0 saturated carbocycles. The lowest BCUT2D eigenvalue weighted by atomic mass is 10.2. The van der Waals surface area contributed by atoms with Gasteiger partial charge in [-0.25, -0.2) is 0 Å². The van der Waals surface area contributed by atoms with Crippen LogP contribution >= 0.6 is 0 Å². The Kier molecular flexibility index (Phi) is 17.1. The van der Waals surface area contributed by atoms with E-state index in [1.54, 1.807) is 0 Å². The van der Waals surface area contributed by atoms with E-state index in [1.165, 1.54) is 25.7 Å². The van der Waals surface area contributed by atoms with Gasteiger partial charge in [0.25, 0.3) is 0 Å². The van der Waals surface area contributed by atoms with Gasteiger partial charge in [-0.1, -0.05) is 33.6 Å². The van der Waals surface area contributed by atoms with Gasteiger partial charge in [0.2, 0.25) is 0 Å². The van der Waals surface area contributed by atoms with Crippen molar-refractivity contribution >= 4 is 8.80 Å². The van der Waals surface area contributed by atoms with Crippen LogP contribution in [0.25, 0.3) is 0 Å². The van der Waals surface area contributed by atoms with Crippen molar-refractivity contribution in [3.05, 3.63) is 0 Å². The summed E-state index contributed by atoms with van der Waals surface area (Å²) in [5, 5.41) is 0. The normalized spacial score (nSPS) is 13.5. The van der Waals surface area contributed by atoms with E-state index in [0.717, 1.165) is 38.6 Å².